The Hall–Kier alpha value is -2.58. The number of aromatic nitrogens is 4. The summed E-state index contributed by atoms with van der Waals surface area (Å²) in [5.74, 6) is 1.29. The second kappa shape index (κ2) is 9.70. The lowest BCUT2D eigenvalue weighted by Gasteiger charge is -2.15. The average molecular weight is 493 g/mol. The van der Waals surface area contributed by atoms with Crippen molar-refractivity contribution in [2.75, 3.05) is 5.43 Å². The number of H-pyrrole nitrogens is 1. The number of nitrogens with zero attached hydrogens (tertiary/aromatic N) is 3. The summed E-state index contributed by atoms with van der Waals surface area (Å²) in [6.07, 6.45) is 3.39. The fourth-order valence-electron chi connectivity index (χ4n) is 2.95. The van der Waals surface area contributed by atoms with Crippen molar-refractivity contribution < 1.29 is 4.74 Å². The highest BCUT2D eigenvalue weighted by molar-refractivity contribution is 7.71. The molecule has 158 valence electrons. The van der Waals surface area contributed by atoms with Crippen LogP contribution in [0.15, 0.2) is 60.9 Å². The molecule has 10 heteroatoms. The van der Waals surface area contributed by atoms with Gasteiger partial charge in [-0.3, -0.25) is 4.98 Å². The van der Waals surface area contributed by atoms with Gasteiger partial charge in [-0.1, -0.05) is 40.9 Å². The SMILES string of the molecule is S=c1[nH]nc(-c2ccncc2)n1NCc1cc(Cl)ccc1OCc1c(Cl)cccc1Cl. The van der Waals surface area contributed by atoms with Gasteiger partial charge in [0.2, 0.25) is 4.77 Å². The highest BCUT2D eigenvalue weighted by Gasteiger charge is 2.12. The number of hydrogen-bond donors (Lipinski definition) is 2. The van der Waals surface area contributed by atoms with Crippen molar-refractivity contribution in [3.8, 4) is 17.1 Å². The molecule has 6 nitrogen and oxygen atoms in total. The zero-order chi connectivity index (χ0) is 21.8. The zero-order valence-corrected chi connectivity index (χ0v) is 19.1. The second-order valence-electron chi connectivity index (χ2n) is 6.50. The minimum Gasteiger partial charge on any atom is -0.488 e. The smallest absolute Gasteiger partial charge is 0.214 e. The van der Waals surface area contributed by atoms with Crippen LogP contribution in [0.25, 0.3) is 11.4 Å². The third-order valence-corrected chi connectivity index (χ3v) is 5.71. The van der Waals surface area contributed by atoms with Crippen LogP contribution in [0, 0.1) is 4.77 Å². The van der Waals surface area contributed by atoms with Gasteiger partial charge in [-0.2, -0.15) is 5.10 Å². The van der Waals surface area contributed by atoms with Crippen molar-refractivity contribution in [1.82, 2.24) is 19.9 Å². The maximum absolute atomic E-state index is 6.25. The predicted octanol–water partition coefficient (Wildman–Crippen LogP) is 6.29. The molecule has 0 bridgehead atoms. The Morgan fingerprint density at radius 2 is 1.77 bits per heavy atom. The van der Waals surface area contributed by atoms with Crippen LogP contribution in [0.3, 0.4) is 0 Å². The van der Waals surface area contributed by atoms with E-state index in [0.717, 1.165) is 16.7 Å². The lowest BCUT2D eigenvalue weighted by atomic mass is 10.2. The third-order valence-electron chi connectivity index (χ3n) is 4.49. The molecule has 0 atom stereocenters. The van der Waals surface area contributed by atoms with Crippen LogP contribution < -0.4 is 10.2 Å². The highest BCUT2D eigenvalue weighted by Crippen LogP contribution is 2.28. The molecule has 0 fully saturated rings. The molecule has 0 spiro atoms. The van der Waals surface area contributed by atoms with E-state index in [1.165, 1.54) is 0 Å². The van der Waals surface area contributed by atoms with E-state index in [-0.39, 0.29) is 6.61 Å². The molecule has 0 radical (unpaired) electrons. The summed E-state index contributed by atoms with van der Waals surface area (Å²) in [6.45, 7) is 0.610. The minimum atomic E-state index is 0.223. The first-order valence-electron chi connectivity index (χ1n) is 9.19. The second-order valence-corrected chi connectivity index (χ2v) is 8.14. The summed E-state index contributed by atoms with van der Waals surface area (Å²) in [5.41, 5.74) is 5.69. The van der Waals surface area contributed by atoms with Crippen LogP contribution >= 0.6 is 47.0 Å². The van der Waals surface area contributed by atoms with Gasteiger partial charge in [-0.05, 0) is 54.7 Å². The summed E-state index contributed by atoms with van der Waals surface area (Å²) in [4.78, 5) is 4.04. The van der Waals surface area contributed by atoms with Gasteiger partial charge in [0.05, 0.1) is 6.54 Å². The van der Waals surface area contributed by atoms with E-state index < -0.39 is 0 Å². The van der Waals surface area contributed by atoms with Crippen molar-refractivity contribution >= 4 is 47.0 Å². The molecule has 2 aromatic carbocycles. The summed E-state index contributed by atoms with van der Waals surface area (Å²) in [6, 6.07) is 14.4. The molecule has 4 aromatic rings. The third kappa shape index (κ3) is 5.02. The topological polar surface area (TPSA) is 67.8 Å². The van der Waals surface area contributed by atoms with Crippen LogP contribution in [-0.4, -0.2) is 19.9 Å². The Kier molecular flexibility index (Phi) is 6.77. The van der Waals surface area contributed by atoms with Gasteiger partial charge in [0, 0.05) is 44.2 Å². The molecule has 0 aliphatic carbocycles. The van der Waals surface area contributed by atoms with E-state index in [9.17, 15) is 0 Å². The van der Waals surface area contributed by atoms with Crippen LogP contribution in [0.4, 0.5) is 0 Å². The number of rotatable bonds is 7. The first-order chi connectivity index (χ1) is 15.0. The van der Waals surface area contributed by atoms with Crippen molar-refractivity contribution in [3.63, 3.8) is 0 Å². The Bertz CT molecular complexity index is 1240. The van der Waals surface area contributed by atoms with Gasteiger partial charge in [-0.15, -0.1) is 0 Å². The van der Waals surface area contributed by atoms with Gasteiger partial charge < -0.3 is 10.2 Å². The predicted molar refractivity (Wildman–Crippen MR) is 126 cm³/mol. The normalized spacial score (nSPS) is 10.8. The van der Waals surface area contributed by atoms with Gasteiger partial charge >= 0.3 is 0 Å². The molecule has 2 N–H and O–H groups in total. The highest BCUT2D eigenvalue weighted by atomic mass is 35.5. The van der Waals surface area contributed by atoms with Gasteiger partial charge in [0.1, 0.15) is 12.4 Å². The van der Waals surface area contributed by atoms with E-state index in [2.05, 4.69) is 20.6 Å². The molecule has 0 amide bonds. The lowest BCUT2D eigenvalue weighted by Crippen LogP contribution is -2.16. The molecule has 0 aliphatic heterocycles. The van der Waals surface area contributed by atoms with Crippen molar-refractivity contribution in [2.24, 2.45) is 0 Å². The number of ether oxygens (including phenoxy) is 1. The monoisotopic (exact) mass is 491 g/mol. The summed E-state index contributed by atoms with van der Waals surface area (Å²) in [5, 5.41) is 8.79. The first-order valence-corrected chi connectivity index (χ1v) is 10.7. The van der Waals surface area contributed by atoms with E-state index in [4.69, 9.17) is 51.8 Å². The summed E-state index contributed by atoms with van der Waals surface area (Å²) >= 11 is 24.1. The Balaban J connectivity index is 1.56. The number of pyridine rings is 1. The molecule has 4 rings (SSSR count). The molecule has 0 unspecified atom stereocenters. The number of aromatic amines is 1. The van der Waals surface area contributed by atoms with Crippen LogP contribution in [-0.2, 0) is 13.2 Å². The summed E-state index contributed by atoms with van der Waals surface area (Å²) in [7, 11) is 0. The number of halogens is 3. The Labute approximate surface area is 198 Å². The minimum absolute atomic E-state index is 0.223. The van der Waals surface area contributed by atoms with Crippen LogP contribution in [0.2, 0.25) is 15.1 Å². The molecule has 2 aromatic heterocycles. The lowest BCUT2D eigenvalue weighted by molar-refractivity contribution is 0.303. The molecule has 2 heterocycles. The van der Waals surface area contributed by atoms with E-state index in [1.807, 2.05) is 24.3 Å². The van der Waals surface area contributed by atoms with E-state index in [1.54, 1.807) is 41.3 Å². The van der Waals surface area contributed by atoms with Gasteiger partial charge in [-0.25, -0.2) is 9.77 Å². The maximum atomic E-state index is 6.25. The van der Waals surface area contributed by atoms with Crippen LogP contribution in [0.5, 0.6) is 5.75 Å². The van der Waals surface area contributed by atoms with Gasteiger partial charge in [0.15, 0.2) is 5.82 Å². The molecule has 31 heavy (non-hydrogen) atoms. The first kappa shape index (κ1) is 21.6. The quantitative estimate of drug-likeness (QED) is 0.297. The average Bonchev–Trinajstić information content (AvgIpc) is 3.14. The molecular formula is C21H16Cl3N5OS. The zero-order valence-electron chi connectivity index (χ0n) is 16.0. The number of nitrogens with one attached hydrogen (secondary N) is 2. The fourth-order valence-corrected chi connectivity index (χ4v) is 3.85. The molecule has 0 saturated carbocycles. The van der Waals surface area contributed by atoms with Crippen molar-refractivity contribution in [2.45, 2.75) is 13.2 Å². The van der Waals surface area contributed by atoms with Crippen LogP contribution in [0.1, 0.15) is 11.1 Å². The Morgan fingerprint density at radius 3 is 2.52 bits per heavy atom. The fraction of sp³-hybridized carbons (Fsp3) is 0.0952. The number of benzene rings is 2. The maximum Gasteiger partial charge on any atom is 0.214 e. The Morgan fingerprint density at radius 1 is 1.03 bits per heavy atom. The van der Waals surface area contributed by atoms with E-state index in [0.29, 0.717) is 38.0 Å². The molecular weight excluding hydrogens is 477 g/mol. The van der Waals surface area contributed by atoms with E-state index >= 15 is 0 Å². The molecule has 0 aliphatic rings. The van der Waals surface area contributed by atoms with Crippen molar-refractivity contribution in [3.05, 3.63) is 91.9 Å². The van der Waals surface area contributed by atoms with Crippen molar-refractivity contribution in [1.29, 1.82) is 0 Å². The summed E-state index contributed by atoms with van der Waals surface area (Å²) < 4.78 is 8.14. The molecule has 0 saturated heterocycles. The largest absolute Gasteiger partial charge is 0.488 e. The standard InChI is InChI=1S/C21H16Cl3N5OS/c22-15-4-5-19(30-12-16-17(23)2-1-3-18(16)24)14(10-15)11-26-29-20(27-28-21(29)31)13-6-8-25-9-7-13/h1-10,26H,11-12H2,(H,28,31). The van der Waals surface area contributed by atoms with Gasteiger partial charge in [0.25, 0.3) is 0 Å². The number of hydrogen-bond acceptors (Lipinski definition) is 5.